The predicted molar refractivity (Wildman–Crippen MR) is 72.3 cm³/mol. The van der Waals surface area contributed by atoms with Crippen LogP contribution in [0.5, 0.6) is 0 Å². The lowest BCUT2D eigenvalue weighted by Gasteiger charge is -2.41. The molecule has 19 heavy (non-hydrogen) atoms. The van der Waals surface area contributed by atoms with E-state index in [0.717, 1.165) is 11.8 Å². The summed E-state index contributed by atoms with van der Waals surface area (Å²) in [6, 6.07) is -0.0785. The third kappa shape index (κ3) is 2.15. The van der Waals surface area contributed by atoms with Crippen molar-refractivity contribution >= 4 is 11.8 Å². The molecule has 1 heterocycles. The third-order valence-electron chi connectivity index (χ3n) is 5.54. The molecule has 0 aromatic rings. The van der Waals surface area contributed by atoms with Crippen LogP contribution < -0.4 is 5.32 Å². The van der Waals surface area contributed by atoms with Crippen molar-refractivity contribution in [3.8, 4) is 0 Å². The van der Waals surface area contributed by atoms with Crippen LogP contribution in [0.3, 0.4) is 0 Å². The van der Waals surface area contributed by atoms with Crippen LogP contribution in [0.15, 0.2) is 0 Å². The van der Waals surface area contributed by atoms with E-state index in [1.54, 1.807) is 0 Å². The number of amides is 2. The summed E-state index contributed by atoms with van der Waals surface area (Å²) >= 11 is 0. The highest BCUT2D eigenvalue weighted by molar-refractivity contribution is 5.94. The molecule has 1 N–H and O–H groups in total. The first kappa shape index (κ1) is 12.9. The van der Waals surface area contributed by atoms with Crippen molar-refractivity contribution in [2.45, 2.75) is 58.0 Å². The molecule has 3 rings (SSSR count). The molecule has 2 amide bonds. The summed E-state index contributed by atoms with van der Waals surface area (Å²) in [6.07, 6.45) is 5.99. The topological polar surface area (TPSA) is 49.4 Å². The van der Waals surface area contributed by atoms with Gasteiger partial charge in [0.1, 0.15) is 6.04 Å². The van der Waals surface area contributed by atoms with E-state index in [1.165, 1.54) is 25.7 Å². The monoisotopic (exact) mass is 264 g/mol. The molecule has 3 aliphatic rings. The molecule has 1 saturated heterocycles. The van der Waals surface area contributed by atoms with E-state index in [-0.39, 0.29) is 30.4 Å². The number of piperazine rings is 1. The van der Waals surface area contributed by atoms with E-state index in [9.17, 15) is 9.59 Å². The normalized spacial score (nSPS) is 39.6. The molecule has 106 valence electrons. The summed E-state index contributed by atoms with van der Waals surface area (Å²) in [5.74, 6) is 2.41. The second kappa shape index (κ2) is 4.80. The standard InChI is InChI=1S/C15H24N2O2/c1-3-13-15(19)17(8-14(18)16-13)9(2)12-7-10-4-5-11(12)6-10/h9-13H,3-8H2,1-2H3,(H,16,18). The fraction of sp³-hybridized carbons (Fsp3) is 0.867. The highest BCUT2D eigenvalue weighted by Crippen LogP contribution is 2.50. The van der Waals surface area contributed by atoms with Crippen molar-refractivity contribution in [1.29, 1.82) is 0 Å². The van der Waals surface area contributed by atoms with Gasteiger partial charge in [-0.1, -0.05) is 13.3 Å². The minimum Gasteiger partial charge on any atom is -0.343 e. The summed E-state index contributed by atoms with van der Waals surface area (Å²) in [6.45, 7) is 4.35. The largest absolute Gasteiger partial charge is 0.343 e. The minimum absolute atomic E-state index is 0.00135. The lowest BCUT2D eigenvalue weighted by molar-refractivity contribution is -0.147. The Balaban J connectivity index is 1.73. The quantitative estimate of drug-likeness (QED) is 0.840. The number of rotatable bonds is 3. The smallest absolute Gasteiger partial charge is 0.245 e. The van der Waals surface area contributed by atoms with Gasteiger partial charge in [0.05, 0.1) is 6.54 Å². The Labute approximate surface area is 114 Å². The molecule has 5 atom stereocenters. The van der Waals surface area contributed by atoms with Gasteiger partial charge < -0.3 is 10.2 Å². The Morgan fingerprint density at radius 1 is 1.32 bits per heavy atom. The predicted octanol–water partition coefficient (Wildman–Crippen LogP) is 1.55. The lowest BCUT2D eigenvalue weighted by atomic mass is 9.83. The van der Waals surface area contributed by atoms with Crippen LogP contribution in [0.2, 0.25) is 0 Å². The van der Waals surface area contributed by atoms with Gasteiger partial charge >= 0.3 is 0 Å². The first-order valence-corrected chi connectivity index (χ1v) is 7.70. The summed E-state index contributed by atoms with van der Waals surface area (Å²) in [5, 5.41) is 2.80. The second-order valence-electron chi connectivity index (χ2n) is 6.57. The van der Waals surface area contributed by atoms with Crippen molar-refractivity contribution in [3.63, 3.8) is 0 Å². The Bertz CT molecular complexity index is 396. The van der Waals surface area contributed by atoms with Gasteiger partial charge in [-0.25, -0.2) is 0 Å². The van der Waals surface area contributed by atoms with Crippen molar-refractivity contribution in [1.82, 2.24) is 10.2 Å². The molecule has 0 spiro atoms. The number of fused-ring (bicyclic) bond motifs is 2. The van der Waals surface area contributed by atoms with Gasteiger partial charge in [0.15, 0.2) is 0 Å². The second-order valence-corrected chi connectivity index (χ2v) is 6.57. The van der Waals surface area contributed by atoms with E-state index in [0.29, 0.717) is 12.3 Å². The fourth-order valence-electron chi connectivity index (χ4n) is 4.47. The minimum atomic E-state index is -0.303. The first-order chi connectivity index (χ1) is 9.10. The number of carbonyl (C=O) groups is 2. The van der Waals surface area contributed by atoms with Crippen LogP contribution in [-0.2, 0) is 9.59 Å². The molecule has 2 saturated carbocycles. The zero-order chi connectivity index (χ0) is 13.6. The number of nitrogens with zero attached hydrogens (tertiary/aromatic N) is 1. The number of carbonyl (C=O) groups excluding carboxylic acids is 2. The molecule has 2 bridgehead atoms. The van der Waals surface area contributed by atoms with Crippen molar-refractivity contribution < 1.29 is 9.59 Å². The van der Waals surface area contributed by atoms with Gasteiger partial charge in [-0.2, -0.15) is 0 Å². The maximum atomic E-state index is 12.4. The Hall–Kier alpha value is -1.06. The maximum absolute atomic E-state index is 12.4. The Kier molecular flexibility index (Phi) is 3.27. The first-order valence-electron chi connectivity index (χ1n) is 7.70. The highest BCUT2D eigenvalue weighted by atomic mass is 16.2. The summed E-state index contributed by atoms with van der Waals surface area (Å²) in [5.41, 5.74) is 0. The fourth-order valence-corrected chi connectivity index (χ4v) is 4.47. The number of hydrogen-bond donors (Lipinski definition) is 1. The van der Waals surface area contributed by atoms with Gasteiger partial charge in [0, 0.05) is 6.04 Å². The van der Waals surface area contributed by atoms with Crippen molar-refractivity contribution in [2.75, 3.05) is 6.54 Å². The van der Waals surface area contributed by atoms with Gasteiger partial charge in [-0.05, 0) is 50.4 Å². The maximum Gasteiger partial charge on any atom is 0.245 e. The van der Waals surface area contributed by atoms with Crippen molar-refractivity contribution in [2.24, 2.45) is 17.8 Å². The Morgan fingerprint density at radius 3 is 2.68 bits per heavy atom. The molecule has 0 aromatic carbocycles. The van der Waals surface area contributed by atoms with Gasteiger partial charge in [0.25, 0.3) is 0 Å². The van der Waals surface area contributed by atoms with Crippen LogP contribution in [0.25, 0.3) is 0 Å². The molecule has 5 unspecified atom stereocenters. The van der Waals surface area contributed by atoms with Gasteiger partial charge in [-0.15, -0.1) is 0 Å². The van der Waals surface area contributed by atoms with Crippen LogP contribution >= 0.6 is 0 Å². The third-order valence-corrected chi connectivity index (χ3v) is 5.54. The Morgan fingerprint density at radius 2 is 2.11 bits per heavy atom. The number of nitrogens with one attached hydrogen (secondary N) is 1. The van der Waals surface area contributed by atoms with E-state index in [4.69, 9.17) is 0 Å². The van der Waals surface area contributed by atoms with Crippen molar-refractivity contribution in [3.05, 3.63) is 0 Å². The molecule has 0 aromatic heterocycles. The van der Waals surface area contributed by atoms with E-state index < -0.39 is 0 Å². The van der Waals surface area contributed by atoms with Crippen LogP contribution in [0, 0.1) is 17.8 Å². The molecule has 0 radical (unpaired) electrons. The average molecular weight is 264 g/mol. The molecule has 4 nitrogen and oxygen atoms in total. The SMILES string of the molecule is CCC1NC(=O)CN(C(C)C2CC3CCC2C3)C1=O. The average Bonchev–Trinajstić information content (AvgIpc) is 3.02. The van der Waals surface area contributed by atoms with Gasteiger partial charge in [-0.3, -0.25) is 9.59 Å². The van der Waals surface area contributed by atoms with Crippen LogP contribution in [0.4, 0.5) is 0 Å². The molecule has 3 fully saturated rings. The highest BCUT2D eigenvalue weighted by Gasteiger charge is 2.45. The zero-order valence-corrected chi connectivity index (χ0v) is 11.9. The molecule has 2 aliphatic carbocycles. The zero-order valence-electron chi connectivity index (χ0n) is 11.9. The van der Waals surface area contributed by atoms with E-state index >= 15 is 0 Å². The van der Waals surface area contributed by atoms with Gasteiger partial charge in [0.2, 0.25) is 11.8 Å². The van der Waals surface area contributed by atoms with E-state index in [2.05, 4.69) is 12.2 Å². The van der Waals surface area contributed by atoms with E-state index in [1.807, 2.05) is 11.8 Å². The summed E-state index contributed by atoms with van der Waals surface area (Å²) in [4.78, 5) is 26.0. The molecule has 4 heteroatoms. The molecule has 1 aliphatic heterocycles. The summed E-state index contributed by atoms with van der Waals surface area (Å²) in [7, 11) is 0. The van der Waals surface area contributed by atoms with Crippen LogP contribution in [-0.4, -0.2) is 35.3 Å². The molecular formula is C15H24N2O2. The van der Waals surface area contributed by atoms with Crippen LogP contribution in [0.1, 0.15) is 46.0 Å². The molecular weight excluding hydrogens is 240 g/mol. The lowest BCUT2D eigenvalue weighted by Crippen LogP contribution is -2.61. The summed E-state index contributed by atoms with van der Waals surface area (Å²) < 4.78 is 0. The number of hydrogen-bond acceptors (Lipinski definition) is 2.